The van der Waals surface area contributed by atoms with Crippen LogP contribution in [0.2, 0.25) is 0 Å². The number of aliphatic hydroxyl groups is 1. The Kier molecular flexibility index (Phi) is 6.93. The van der Waals surface area contributed by atoms with E-state index in [1.54, 1.807) is 6.07 Å². The molecule has 0 atom stereocenters. The molecule has 0 aliphatic carbocycles. The van der Waals surface area contributed by atoms with Gasteiger partial charge in [-0.05, 0) is 25.5 Å². The summed E-state index contributed by atoms with van der Waals surface area (Å²) in [5, 5.41) is 19.8. The highest BCUT2D eigenvalue weighted by atomic mass is 16.5. The van der Waals surface area contributed by atoms with E-state index in [0.717, 1.165) is 6.42 Å². The van der Waals surface area contributed by atoms with E-state index in [9.17, 15) is 15.2 Å². The van der Waals surface area contributed by atoms with Gasteiger partial charge in [-0.15, -0.1) is 0 Å². The molecular weight excluding hydrogens is 310 g/mol. The van der Waals surface area contributed by atoms with Gasteiger partial charge in [0.15, 0.2) is 17.1 Å². The number of nitrogen functional groups attached to an aromatic ring is 1. The molecule has 3 N–H and O–H groups in total. The van der Waals surface area contributed by atoms with Gasteiger partial charge in [0.05, 0.1) is 19.9 Å². The Hall–Kier alpha value is -2.88. The molecule has 0 unspecified atom stereocenters. The minimum atomic E-state index is -0.521. The second-order valence-electron chi connectivity index (χ2n) is 5.02. The van der Waals surface area contributed by atoms with Crippen molar-refractivity contribution in [1.29, 1.82) is 5.26 Å². The number of carbonyl (C=O) groups excluding carboxylic acids is 1. The standard InChI is InChI=1S/C17H23N3O4/c1-5-7-20(6-2)17(22)12(10-18)15(21)11-8-13(19)16(24-4)14(9-11)23-3/h8-9,21H,5-7,19H2,1-4H3/b15-12-. The minimum absolute atomic E-state index is 0.211. The first-order valence-corrected chi connectivity index (χ1v) is 7.59. The highest BCUT2D eigenvalue weighted by molar-refractivity contribution is 6.03. The van der Waals surface area contributed by atoms with Gasteiger partial charge in [-0.3, -0.25) is 4.79 Å². The number of methoxy groups -OCH3 is 2. The molecule has 7 nitrogen and oxygen atoms in total. The van der Waals surface area contributed by atoms with Gasteiger partial charge in [0.1, 0.15) is 11.8 Å². The maximum Gasteiger partial charge on any atom is 0.268 e. The van der Waals surface area contributed by atoms with Crippen molar-refractivity contribution >= 4 is 17.4 Å². The van der Waals surface area contributed by atoms with E-state index in [1.807, 2.05) is 13.8 Å². The van der Waals surface area contributed by atoms with Crippen LogP contribution in [0, 0.1) is 11.3 Å². The number of nitrogens with zero attached hydrogens (tertiary/aromatic N) is 2. The van der Waals surface area contributed by atoms with Crippen LogP contribution in [-0.2, 0) is 4.79 Å². The molecule has 1 aromatic rings. The van der Waals surface area contributed by atoms with Gasteiger partial charge >= 0.3 is 0 Å². The molecule has 1 aromatic carbocycles. The molecule has 1 rings (SSSR count). The SMILES string of the molecule is CCCN(CC)C(=O)/C(C#N)=C(\O)c1cc(N)c(OC)c(OC)c1. The number of hydrogen-bond acceptors (Lipinski definition) is 6. The van der Waals surface area contributed by atoms with Gasteiger partial charge in [0, 0.05) is 18.7 Å². The Morgan fingerprint density at radius 2 is 2.00 bits per heavy atom. The van der Waals surface area contributed by atoms with Gasteiger partial charge in [-0.1, -0.05) is 6.92 Å². The van der Waals surface area contributed by atoms with Crippen LogP contribution in [-0.4, -0.2) is 43.2 Å². The highest BCUT2D eigenvalue weighted by Gasteiger charge is 2.23. The number of benzene rings is 1. The van der Waals surface area contributed by atoms with Gasteiger partial charge in [-0.25, -0.2) is 0 Å². The number of nitriles is 1. The number of nitrogens with two attached hydrogens (primary N) is 1. The number of hydrogen-bond donors (Lipinski definition) is 2. The molecule has 0 fully saturated rings. The molecule has 0 saturated heterocycles. The van der Waals surface area contributed by atoms with Crippen molar-refractivity contribution in [2.24, 2.45) is 0 Å². The third-order valence-corrected chi connectivity index (χ3v) is 3.51. The first-order valence-electron chi connectivity index (χ1n) is 7.59. The summed E-state index contributed by atoms with van der Waals surface area (Å²) in [6, 6.07) is 4.68. The number of rotatable bonds is 7. The topological polar surface area (TPSA) is 109 Å². The smallest absolute Gasteiger partial charge is 0.268 e. The van der Waals surface area contributed by atoms with Crippen molar-refractivity contribution in [3.8, 4) is 17.6 Å². The molecule has 130 valence electrons. The summed E-state index contributed by atoms with van der Waals surface area (Å²) in [5.74, 6) is -0.345. The lowest BCUT2D eigenvalue weighted by Crippen LogP contribution is -2.32. The predicted octanol–water partition coefficient (Wildman–Crippen LogP) is 2.34. The van der Waals surface area contributed by atoms with Gasteiger partial charge in [0.25, 0.3) is 5.91 Å². The average molecular weight is 333 g/mol. The van der Waals surface area contributed by atoms with Crippen LogP contribution in [0.5, 0.6) is 11.5 Å². The molecule has 0 aromatic heterocycles. The van der Waals surface area contributed by atoms with Crippen LogP contribution in [0.4, 0.5) is 5.69 Å². The fourth-order valence-electron chi connectivity index (χ4n) is 2.31. The maximum absolute atomic E-state index is 12.5. The van der Waals surface area contributed by atoms with Crippen LogP contribution in [0.25, 0.3) is 5.76 Å². The Bertz CT molecular complexity index is 677. The molecule has 0 spiro atoms. The lowest BCUT2D eigenvalue weighted by Gasteiger charge is -2.20. The van der Waals surface area contributed by atoms with Gasteiger partial charge in [0.2, 0.25) is 0 Å². The summed E-state index contributed by atoms with van der Waals surface area (Å²) in [7, 11) is 2.87. The second-order valence-corrected chi connectivity index (χ2v) is 5.02. The lowest BCUT2D eigenvalue weighted by atomic mass is 10.1. The first kappa shape index (κ1) is 19.2. The maximum atomic E-state index is 12.5. The second kappa shape index (κ2) is 8.67. The van der Waals surface area contributed by atoms with Crippen molar-refractivity contribution < 1.29 is 19.4 Å². The summed E-state index contributed by atoms with van der Waals surface area (Å²) in [5.41, 5.74) is 5.98. The van der Waals surface area contributed by atoms with Crippen LogP contribution >= 0.6 is 0 Å². The number of anilines is 1. The normalized spacial score (nSPS) is 11.3. The van der Waals surface area contributed by atoms with E-state index in [0.29, 0.717) is 24.6 Å². The van der Waals surface area contributed by atoms with E-state index in [4.69, 9.17) is 15.2 Å². The Labute approximate surface area is 141 Å². The third-order valence-electron chi connectivity index (χ3n) is 3.51. The average Bonchev–Trinajstić information content (AvgIpc) is 2.58. The van der Waals surface area contributed by atoms with Crippen molar-refractivity contribution in [2.75, 3.05) is 33.0 Å². The van der Waals surface area contributed by atoms with Crippen LogP contribution in [0.1, 0.15) is 25.8 Å². The third kappa shape index (κ3) is 3.90. The summed E-state index contributed by atoms with van der Waals surface area (Å²) in [6.45, 7) is 4.69. The summed E-state index contributed by atoms with van der Waals surface area (Å²) in [6.07, 6.45) is 0.752. The van der Waals surface area contributed by atoms with Crippen molar-refractivity contribution in [1.82, 2.24) is 4.90 Å². The number of ether oxygens (including phenoxy) is 2. The molecule has 0 radical (unpaired) electrons. The summed E-state index contributed by atoms with van der Waals surface area (Å²) >= 11 is 0. The zero-order valence-corrected chi connectivity index (χ0v) is 14.4. The fourth-order valence-corrected chi connectivity index (χ4v) is 2.31. The van der Waals surface area contributed by atoms with Gasteiger partial charge < -0.3 is 25.2 Å². The number of aliphatic hydroxyl groups excluding tert-OH is 1. The summed E-state index contributed by atoms with van der Waals surface area (Å²) < 4.78 is 10.3. The number of likely N-dealkylation sites (N-methyl/N-ethyl adjacent to an activating group) is 1. The van der Waals surface area contributed by atoms with Crippen molar-refractivity contribution in [2.45, 2.75) is 20.3 Å². The molecule has 0 aliphatic rings. The zero-order chi connectivity index (χ0) is 18.3. The molecule has 0 saturated carbocycles. The molecular formula is C17H23N3O4. The molecule has 0 aliphatic heterocycles. The van der Waals surface area contributed by atoms with Crippen LogP contribution < -0.4 is 15.2 Å². The quantitative estimate of drug-likeness (QED) is 0.343. The van der Waals surface area contributed by atoms with E-state index >= 15 is 0 Å². The van der Waals surface area contributed by atoms with E-state index in [1.165, 1.54) is 31.3 Å². The largest absolute Gasteiger partial charge is 0.506 e. The van der Waals surface area contributed by atoms with Crippen LogP contribution in [0.15, 0.2) is 17.7 Å². The van der Waals surface area contributed by atoms with Gasteiger partial charge in [-0.2, -0.15) is 5.26 Å². The molecule has 0 bridgehead atoms. The predicted molar refractivity (Wildman–Crippen MR) is 91.7 cm³/mol. The minimum Gasteiger partial charge on any atom is -0.506 e. The number of carbonyl (C=O) groups is 1. The molecule has 0 heterocycles. The zero-order valence-electron chi connectivity index (χ0n) is 14.4. The van der Waals surface area contributed by atoms with E-state index in [-0.39, 0.29) is 16.8 Å². The highest BCUT2D eigenvalue weighted by Crippen LogP contribution is 2.36. The number of amides is 1. The Balaban J connectivity index is 3.41. The fraction of sp³-hybridized carbons (Fsp3) is 0.412. The molecule has 24 heavy (non-hydrogen) atoms. The van der Waals surface area contributed by atoms with Crippen molar-refractivity contribution in [3.05, 3.63) is 23.3 Å². The first-order chi connectivity index (χ1) is 11.4. The van der Waals surface area contributed by atoms with Crippen LogP contribution in [0.3, 0.4) is 0 Å². The Morgan fingerprint density at radius 1 is 1.33 bits per heavy atom. The van der Waals surface area contributed by atoms with E-state index < -0.39 is 11.7 Å². The lowest BCUT2D eigenvalue weighted by molar-refractivity contribution is -0.126. The Morgan fingerprint density at radius 3 is 2.46 bits per heavy atom. The monoisotopic (exact) mass is 333 g/mol. The molecule has 7 heteroatoms. The molecule has 1 amide bonds. The summed E-state index contributed by atoms with van der Waals surface area (Å²) in [4.78, 5) is 14.0. The van der Waals surface area contributed by atoms with E-state index in [2.05, 4.69) is 0 Å². The van der Waals surface area contributed by atoms with Crippen molar-refractivity contribution in [3.63, 3.8) is 0 Å².